The highest BCUT2D eigenvalue weighted by molar-refractivity contribution is 5.85. The Labute approximate surface area is 184 Å². The molecule has 2 heterocycles. The molecule has 30 heavy (non-hydrogen) atoms. The van der Waals surface area contributed by atoms with Gasteiger partial charge in [0.25, 0.3) is 0 Å². The van der Waals surface area contributed by atoms with E-state index in [1.807, 2.05) is 18.2 Å². The van der Waals surface area contributed by atoms with Crippen LogP contribution in [0.15, 0.2) is 30.3 Å². The average molecular weight is 434 g/mol. The summed E-state index contributed by atoms with van der Waals surface area (Å²) in [5.74, 6) is 2.65. The van der Waals surface area contributed by atoms with Gasteiger partial charge in [-0.25, -0.2) is 9.67 Å². The number of rotatable bonds is 9. The van der Waals surface area contributed by atoms with Crippen LogP contribution in [0.1, 0.15) is 48.9 Å². The number of halogens is 1. The number of aromatic nitrogens is 3. The fraction of sp³-hybridized carbons (Fsp3) is 0.591. The summed E-state index contributed by atoms with van der Waals surface area (Å²) in [7, 11) is 0. The standard InChI is InChI=1S/C22H31N5O2.ClH/c23-19(12-16-4-2-1-3-5-16)22-25-20(13-17-6-7-17)26-27(22)15-21(28)24-14-18-8-10-29-11-9-18;/h1-5,17-19H,6-15,23H2,(H,24,28);1H/t19-;/m1./s1. The first-order valence-corrected chi connectivity index (χ1v) is 10.7. The van der Waals surface area contributed by atoms with Gasteiger partial charge in [0.05, 0.1) is 6.04 Å². The molecular weight excluding hydrogens is 402 g/mol. The third kappa shape index (κ3) is 6.52. The van der Waals surface area contributed by atoms with Crippen LogP contribution in [0.2, 0.25) is 0 Å². The largest absolute Gasteiger partial charge is 0.381 e. The Morgan fingerprint density at radius 1 is 1.17 bits per heavy atom. The van der Waals surface area contributed by atoms with Crippen LogP contribution in [0.4, 0.5) is 0 Å². The van der Waals surface area contributed by atoms with Crippen LogP contribution in [0.3, 0.4) is 0 Å². The zero-order chi connectivity index (χ0) is 20.1. The molecule has 1 aliphatic heterocycles. The minimum atomic E-state index is -0.291. The van der Waals surface area contributed by atoms with Gasteiger partial charge in [0, 0.05) is 26.2 Å². The van der Waals surface area contributed by atoms with E-state index in [4.69, 9.17) is 15.5 Å². The summed E-state index contributed by atoms with van der Waals surface area (Å²) in [5, 5.41) is 7.69. The maximum Gasteiger partial charge on any atom is 0.241 e. The predicted molar refractivity (Wildman–Crippen MR) is 117 cm³/mol. The van der Waals surface area contributed by atoms with E-state index < -0.39 is 0 Å². The van der Waals surface area contributed by atoms with Gasteiger partial charge < -0.3 is 15.8 Å². The van der Waals surface area contributed by atoms with E-state index in [0.29, 0.717) is 30.6 Å². The summed E-state index contributed by atoms with van der Waals surface area (Å²) in [6.45, 7) is 2.43. The topological polar surface area (TPSA) is 95.1 Å². The van der Waals surface area contributed by atoms with Crippen molar-refractivity contribution in [2.24, 2.45) is 17.6 Å². The summed E-state index contributed by atoms with van der Waals surface area (Å²) in [4.78, 5) is 17.3. The van der Waals surface area contributed by atoms with Crippen molar-refractivity contribution in [1.82, 2.24) is 20.1 Å². The highest BCUT2D eigenvalue weighted by Gasteiger charge is 2.26. The summed E-state index contributed by atoms with van der Waals surface area (Å²) in [5.41, 5.74) is 7.64. The minimum absolute atomic E-state index is 0. The summed E-state index contributed by atoms with van der Waals surface area (Å²) < 4.78 is 7.10. The minimum Gasteiger partial charge on any atom is -0.381 e. The van der Waals surface area contributed by atoms with Gasteiger partial charge in [-0.1, -0.05) is 30.3 Å². The van der Waals surface area contributed by atoms with Gasteiger partial charge in [-0.3, -0.25) is 4.79 Å². The third-order valence-electron chi connectivity index (χ3n) is 5.76. The third-order valence-corrected chi connectivity index (χ3v) is 5.76. The number of carbonyl (C=O) groups excluding carboxylic acids is 1. The molecule has 1 aliphatic carbocycles. The number of amides is 1. The zero-order valence-corrected chi connectivity index (χ0v) is 18.2. The van der Waals surface area contributed by atoms with Gasteiger partial charge in [-0.2, -0.15) is 5.10 Å². The average Bonchev–Trinajstić information content (AvgIpc) is 3.46. The lowest BCUT2D eigenvalue weighted by atomic mass is 10.0. The summed E-state index contributed by atoms with van der Waals surface area (Å²) >= 11 is 0. The van der Waals surface area contributed by atoms with Crippen LogP contribution in [0, 0.1) is 11.8 Å². The summed E-state index contributed by atoms with van der Waals surface area (Å²) in [6, 6.07) is 9.85. The van der Waals surface area contributed by atoms with Crippen molar-refractivity contribution >= 4 is 18.3 Å². The van der Waals surface area contributed by atoms with E-state index in [1.54, 1.807) is 4.68 Å². The zero-order valence-electron chi connectivity index (χ0n) is 17.3. The summed E-state index contributed by atoms with van der Waals surface area (Å²) in [6.07, 6.45) is 6.04. The molecule has 3 N–H and O–H groups in total. The highest BCUT2D eigenvalue weighted by atomic mass is 35.5. The van der Waals surface area contributed by atoms with Crippen molar-refractivity contribution in [3.63, 3.8) is 0 Å². The first-order valence-electron chi connectivity index (χ1n) is 10.7. The van der Waals surface area contributed by atoms with Crippen LogP contribution in [-0.4, -0.2) is 40.4 Å². The molecule has 2 aromatic rings. The SMILES string of the molecule is Cl.N[C@H](Cc1ccccc1)c1nc(CC2CC2)nn1CC(=O)NCC1CCOCC1. The molecule has 0 bridgehead atoms. The fourth-order valence-corrected chi connectivity index (χ4v) is 3.82. The molecule has 7 nitrogen and oxygen atoms in total. The van der Waals surface area contributed by atoms with Gasteiger partial charge in [0.15, 0.2) is 5.82 Å². The molecule has 1 atom stereocenters. The van der Waals surface area contributed by atoms with E-state index in [1.165, 1.54) is 12.8 Å². The van der Waals surface area contributed by atoms with Gasteiger partial charge >= 0.3 is 0 Å². The monoisotopic (exact) mass is 433 g/mol. The Balaban J connectivity index is 0.00000256. The Hall–Kier alpha value is -1.96. The van der Waals surface area contributed by atoms with Crippen molar-refractivity contribution in [2.75, 3.05) is 19.8 Å². The van der Waals surface area contributed by atoms with E-state index in [2.05, 4.69) is 22.5 Å². The molecular formula is C22H32ClN5O2. The van der Waals surface area contributed by atoms with E-state index >= 15 is 0 Å². The molecule has 0 unspecified atom stereocenters. The number of nitrogens with two attached hydrogens (primary N) is 1. The van der Waals surface area contributed by atoms with Gasteiger partial charge in [-0.05, 0) is 49.5 Å². The molecule has 1 aromatic heterocycles. The molecule has 4 rings (SSSR count). The van der Waals surface area contributed by atoms with Crippen LogP contribution < -0.4 is 11.1 Å². The molecule has 8 heteroatoms. The van der Waals surface area contributed by atoms with Gasteiger partial charge in [0.2, 0.25) is 5.91 Å². The second-order valence-electron chi connectivity index (χ2n) is 8.35. The molecule has 1 saturated heterocycles. The van der Waals surface area contributed by atoms with Crippen LogP contribution in [0.25, 0.3) is 0 Å². The van der Waals surface area contributed by atoms with E-state index in [0.717, 1.165) is 43.9 Å². The lowest BCUT2D eigenvalue weighted by molar-refractivity contribution is -0.122. The number of hydrogen-bond donors (Lipinski definition) is 2. The Kier molecular flexibility index (Phi) is 8.24. The first kappa shape index (κ1) is 22.7. The van der Waals surface area contributed by atoms with Crippen molar-refractivity contribution in [2.45, 2.75) is 51.1 Å². The Morgan fingerprint density at radius 3 is 2.60 bits per heavy atom. The molecule has 1 amide bonds. The fourth-order valence-electron chi connectivity index (χ4n) is 3.82. The molecule has 0 spiro atoms. The molecule has 1 aromatic carbocycles. The maximum atomic E-state index is 12.6. The van der Waals surface area contributed by atoms with Gasteiger partial charge in [-0.15, -0.1) is 12.4 Å². The van der Waals surface area contributed by atoms with Crippen molar-refractivity contribution in [3.8, 4) is 0 Å². The van der Waals surface area contributed by atoms with E-state index in [-0.39, 0.29) is 30.9 Å². The first-order chi connectivity index (χ1) is 14.2. The second kappa shape index (κ2) is 10.9. The maximum absolute atomic E-state index is 12.6. The van der Waals surface area contributed by atoms with Crippen LogP contribution in [0.5, 0.6) is 0 Å². The molecule has 2 aliphatic rings. The van der Waals surface area contributed by atoms with Crippen LogP contribution in [-0.2, 0) is 28.9 Å². The highest BCUT2D eigenvalue weighted by Crippen LogP contribution is 2.32. The van der Waals surface area contributed by atoms with Crippen molar-refractivity contribution < 1.29 is 9.53 Å². The van der Waals surface area contributed by atoms with Crippen molar-refractivity contribution in [1.29, 1.82) is 0 Å². The smallest absolute Gasteiger partial charge is 0.241 e. The Morgan fingerprint density at radius 2 is 1.90 bits per heavy atom. The number of benzene rings is 1. The predicted octanol–water partition coefficient (Wildman–Crippen LogP) is 2.44. The van der Waals surface area contributed by atoms with Gasteiger partial charge in [0.1, 0.15) is 12.4 Å². The number of hydrogen-bond acceptors (Lipinski definition) is 5. The lowest BCUT2D eigenvalue weighted by Gasteiger charge is -2.22. The quantitative estimate of drug-likeness (QED) is 0.633. The molecule has 164 valence electrons. The number of nitrogens with zero attached hydrogens (tertiary/aromatic N) is 3. The Bertz CT molecular complexity index is 803. The van der Waals surface area contributed by atoms with Crippen LogP contribution >= 0.6 is 12.4 Å². The number of nitrogens with one attached hydrogen (secondary N) is 1. The number of carbonyl (C=O) groups is 1. The van der Waals surface area contributed by atoms with E-state index in [9.17, 15) is 4.79 Å². The second-order valence-corrected chi connectivity index (χ2v) is 8.35. The number of ether oxygens (including phenoxy) is 1. The molecule has 0 radical (unpaired) electrons. The lowest BCUT2D eigenvalue weighted by Crippen LogP contribution is -2.35. The molecule has 1 saturated carbocycles. The normalized spacial score (nSPS) is 17.9. The van der Waals surface area contributed by atoms with Crippen molar-refractivity contribution in [3.05, 3.63) is 47.5 Å². The molecule has 2 fully saturated rings.